The smallest absolute Gasteiger partial charge is 0.335 e. The number of aryl methyl sites for hydroxylation is 2. The minimum Gasteiger partial charge on any atom is -0.480 e. The molecule has 0 radical (unpaired) electrons. The average molecular weight is 417 g/mol. The molecule has 0 aliphatic carbocycles. The number of para-hydroxylation sites is 1. The van der Waals surface area contributed by atoms with Gasteiger partial charge in [0.2, 0.25) is 0 Å². The number of urea groups is 1. The van der Waals surface area contributed by atoms with Gasteiger partial charge in [-0.05, 0) is 49.2 Å². The number of carbonyl (C=O) groups excluding carboxylic acids is 3. The lowest BCUT2D eigenvalue weighted by atomic mass is 10.0. The Hall–Kier alpha value is -4.20. The predicted octanol–water partition coefficient (Wildman–Crippen LogP) is 3.01. The van der Waals surface area contributed by atoms with Crippen LogP contribution in [-0.2, 0) is 20.9 Å². The summed E-state index contributed by atoms with van der Waals surface area (Å²) in [6.45, 7) is 3.51. The van der Waals surface area contributed by atoms with Gasteiger partial charge in [0.15, 0.2) is 0 Å². The molecule has 8 nitrogen and oxygen atoms in total. The number of barbiturate groups is 1. The van der Waals surface area contributed by atoms with Crippen LogP contribution in [0, 0.1) is 13.8 Å². The molecule has 8 heteroatoms. The van der Waals surface area contributed by atoms with Gasteiger partial charge in [0.05, 0.1) is 5.69 Å². The highest BCUT2D eigenvalue weighted by atomic mass is 16.4. The summed E-state index contributed by atoms with van der Waals surface area (Å²) < 4.78 is 1.53. The summed E-state index contributed by atoms with van der Waals surface area (Å²) in [6, 6.07) is 11.4. The Kier molecular flexibility index (Phi) is 4.90. The minimum absolute atomic E-state index is 0.212. The second kappa shape index (κ2) is 7.56. The quantitative estimate of drug-likeness (QED) is 0.501. The van der Waals surface area contributed by atoms with E-state index in [9.17, 15) is 24.3 Å². The number of carbonyl (C=O) groups is 4. The lowest BCUT2D eigenvalue weighted by molar-refractivity contribution is -0.137. The Morgan fingerprint density at radius 2 is 1.81 bits per heavy atom. The fourth-order valence-corrected chi connectivity index (χ4v) is 3.58. The summed E-state index contributed by atoms with van der Waals surface area (Å²) in [6.07, 6.45) is 2.96. The number of aromatic nitrogens is 1. The van der Waals surface area contributed by atoms with Crippen molar-refractivity contribution in [1.82, 2.24) is 9.88 Å². The van der Waals surface area contributed by atoms with Gasteiger partial charge in [-0.25, -0.2) is 9.69 Å². The summed E-state index contributed by atoms with van der Waals surface area (Å²) >= 11 is 0. The van der Waals surface area contributed by atoms with Crippen LogP contribution in [0.25, 0.3) is 17.0 Å². The molecule has 1 aliphatic rings. The first-order valence-electron chi connectivity index (χ1n) is 9.54. The third-order valence-electron chi connectivity index (χ3n) is 5.28. The first kappa shape index (κ1) is 20.1. The summed E-state index contributed by atoms with van der Waals surface area (Å²) in [4.78, 5) is 50.2. The molecule has 4 rings (SSSR count). The lowest BCUT2D eigenvalue weighted by Gasteiger charge is -2.26. The number of aliphatic carboxylic acids is 1. The SMILES string of the molecule is Cc1ccc(N2C(=O)NC(=O)/C(=C\c3cn(CC(=O)O)c4ccccc34)C2=O)cc1C. The number of nitrogens with one attached hydrogen (secondary N) is 1. The second-order valence-corrected chi connectivity index (χ2v) is 7.35. The molecular formula is C23H19N3O5. The number of imide groups is 2. The zero-order valence-corrected chi connectivity index (χ0v) is 16.9. The summed E-state index contributed by atoms with van der Waals surface area (Å²) in [5, 5.41) is 12.1. The zero-order valence-electron chi connectivity index (χ0n) is 16.9. The molecule has 0 bridgehead atoms. The van der Waals surface area contributed by atoms with Crippen LogP contribution in [0.3, 0.4) is 0 Å². The van der Waals surface area contributed by atoms with Gasteiger partial charge in [-0.3, -0.25) is 19.7 Å². The van der Waals surface area contributed by atoms with E-state index in [-0.39, 0.29) is 12.1 Å². The van der Waals surface area contributed by atoms with E-state index < -0.39 is 23.8 Å². The molecule has 2 N–H and O–H groups in total. The average Bonchev–Trinajstić information content (AvgIpc) is 3.04. The molecule has 3 aromatic rings. The van der Waals surface area contributed by atoms with E-state index in [4.69, 9.17) is 0 Å². The number of amides is 4. The Bertz CT molecular complexity index is 1300. The zero-order chi connectivity index (χ0) is 22.3. The highest BCUT2D eigenvalue weighted by Crippen LogP contribution is 2.27. The lowest BCUT2D eigenvalue weighted by Crippen LogP contribution is -2.54. The van der Waals surface area contributed by atoms with Crippen molar-refractivity contribution in [3.8, 4) is 0 Å². The van der Waals surface area contributed by atoms with Crippen molar-refractivity contribution in [3.63, 3.8) is 0 Å². The Balaban J connectivity index is 1.81. The third kappa shape index (κ3) is 3.59. The molecule has 1 aliphatic heterocycles. The molecule has 2 aromatic carbocycles. The number of carboxylic acids is 1. The standard InChI is InChI=1S/C23H19N3O5/c1-13-7-8-16(9-14(13)2)26-22(30)18(21(29)24-23(26)31)10-15-11-25(12-20(27)28)19-6-4-3-5-17(15)19/h3-11H,12H2,1-2H3,(H,27,28)(H,24,29,31)/b18-10+. The van der Waals surface area contributed by atoms with Crippen molar-refractivity contribution < 1.29 is 24.3 Å². The van der Waals surface area contributed by atoms with E-state index in [1.807, 2.05) is 13.8 Å². The van der Waals surface area contributed by atoms with Gasteiger partial charge in [0, 0.05) is 22.7 Å². The monoisotopic (exact) mass is 417 g/mol. The van der Waals surface area contributed by atoms with Gasteiger partial charge in [0.25, 0.3) is 11.8 Å². The van der Waals surface area contributed by atoms with Crippen molar-refractivity contribution in [1.29, 1.82) is 0 Å². The largest absolute Gasteiger partial charge is 0.480 e. The van der Waals surface area contributed by atoms with Crippen molar-refractivity contribution in [2.24, 2.45) is 0 Å². The number of nitrogens with zero attached hydrogens (tertiary/aromatic N) is 2. The second-order valence-electron chi connectivity index (χ2n) is 7.35. The Morgan fingerprint density at radius 1 is 1.06 bits per heavy atom. The van der Waals surface area contributed by atoms with Crippen LogP contribution < -0.4 is 10.2 Å². The summed E-state index contributed by atoms with van der Waals surface area (Å²) in [5.74, 6) is -2.56. The topological polar surface area (TPSA) is 109 Å². The molecule has 4 amide bonds. The predicted molar refractivity (Wildman–Crippen MR) is 114 cm³/mol. The van der Waals surface area contributed by atoms with Gasteiger partial charge in [-0.2, -0.15) is 0 Å². The first-order chi connectivity index (χ1) is 14.8. The molecule has 0 spiro atoms. The van der Waals surface area contributed by atoms with E-state index in [2.05, 4.69) is 5.32 Å². The first-order valence-corrected chi connectivity index (χ1v) is 9.54. The maximum atomic E-state index is 13.1. The maximum Gasteiger partial charge on any atom is 0.335 e. The fraction of sp³-hybridized carbons (Fsp3) is 0.130. The molecular weight excluding hydrogens is 398 g/mol. The molecule has 2 heterocycles. The molecule has 156 valence electrons. The Morgan fingerprint density at radius 3 is 2.52 bits per heavy atom. The number of benzene rings is 2. The highest BCUT2D eigenvalue weighted by Gasteiger charge is 2.37. The van der Waals surface area contributed by atoms with Crippen LogP contribution >= 0.6 is 0 Å². The van der Waals surface area contributed by atoms with Crippen LogP contribution in [0.5, 0.6) is 0 Å². The molecule has 0 atom stereocenters. The number of anilines is 1. The van der Waals surface area contributed by atoms with Crippen molar-refractivity contribution in [2.75, 3.05) is 4.90 Å². The number of carboxylic acid groups (broad SMARTS) is 1. The maximum absolute atomic E-state index is 13.1. The van der Waals surface area contributed by atoms with Crippen LogP contribution in [0.2, 0.25) is 0 Å². The molecule has 0 unspecified atom stereocenters. The highest BCUT2D eigenvalue weighted by molar-refractivity contribution is 6.39. The molecule has 31 heavy (non-hydrogen) atoms. The molecule has 1 saturated heterocycles. The van der Waals surface area contributed by atoms with E-state index >= 15 is 0 Å². The molecule has 1 aromatic heterocycles. The normalized spacial score (nSPS) is 15.6. The van der Waals surface area contributed by atoms with Gasteiger partial charge in [-0.15, -0.1) is 0 Å². The van der Waals surface area contributed by atoms with Crippen molar-refractivity contribution in [3.05, 3.63) is 70.9 Å². The molecule has 1 fully saturated rings. The van der Waals surface area contributed by atoms with E-state index in [1.165, 1.54) is 10.6 Å². The van der Waals surface area contributed by atoms with Crippen LogP contribution in [-0.4, -0.2) is 33.5 Å². The van der Waals surface area contributed by atoms with Crippen molar-refractivity contribution in [2.45, 2.75) is 20.4 Å². The Labute approximate surface area is 177 Å². The van der Waals surface area contributed by atoms with Gasteiger partial charge in [0.1, 0.15) is 12.1 Å². The number of rotatable bonds is 4. The van der Waals surface area contributed by atoms with Crippen molar-refractivity contribution >= 4 is 46.5 Å². The summed E-state index contributed by atoms with van der Waals surface area (Å²) in [7, 11) is 0. The van der Waals surface area contributed by atoms with E-state index in [1.54, 1.807) is 48.7 Å². The minimum atomic E-state index is -1.02. The third-order valence-corrected chi connectivity index (χ3v) is 5.28. The summed E-state index contributed by atoms with van der Waals surface area (Å²) in [5.41, 5.74) is 3.21. The van der Waals surface area contributed by atoms with E-state index in [0.717, 1.165) is 16.0 Å². The fourth-order valence-electron chi connectivity index (χ4n) is 3.58. The number of fused-ring (bicyclic) bond motifs is 1. The van der Waals surface area contributed by atoms with E-state index in [0.29, 0.717) is 22.2 Å². The number of hydrogen-bond donors (Lipinski definition) is 2. The van der Waals surface area contributed by atoms with Gasteiger partial charge in [-0.1, -0.05) is 24.3 Å². The van der Waals surface area contributed by atoms with Gasteiger partial charge >= 0.3 is 12.0 Å². The van der Waals surface area contributed by atoms with Gasteiger partial charge < -0.3 is 9.67 Å². The van der Waals surface area contributed by atoms with Crippen LogP contribution in [0.15, 0.2) is 54.2 Å². The molecule has 0 saturated carbocycles. The van der Waals surface area contributed by atoms with Crippen LogP contribution in [0.1, 0.15) is 16.7 Å². The van der Waals surface area contributed by atoms with Crippen LogP contribution in [0.4, 0.5) is 10.5 Å². The number of hydrogen-bond acceptors (Lipinski definition) is 4.